The molecule has 0 saturated heterocycles. The lowest BCUT2D eigenvalue weighted by molar-refractivity contribution is 0.0754. The highest BCUT2D eigenvalue weighted by Gasteiger charge is 2.16. The van der Waals surface area contributed by atoms with Crippen LogP contribution in [-0.2, 0) is 6.54 Å². The number of amides is 1. The van der Waals surface area contributed by atoms with Crippen molar-refractivity contribution in [3.05, 3.63) is 45.8 Å². The number of pyridine rings is 1. The molecule has 0 atom stereocenters. The van der Waals surface area contributed by atoms with E-state index in [9.17, 15) is 4.79 Å². The molecule has 0 aliphatic heterocycles. The number of carbonyl (C=O) groups excluding carboxylic acids is 1. The van der Waals surface area contributed by atoms with E-state index in [1.165, 1.54) is 4.88 Å². The van der Waals surface area contributed by atoms with E-state index >= 15 is 0 Å². The Bertz CT molecular complexity index is 596. The first-order valence-corrected chi connectivity index (χ1v) is 8.06. The Hall–Kier alpha value is -1.88. The fraction of sp³-hybridized carbons (Fsp3) is 0.375. The number of hydrogen-bond acceptors (Lipinski definition) is 4. The van der Waals surface area contributed by atoms with Crippen LogP contribution in [0.25, 0.3) is 0 Å². The highest BCUT2D eigenvalue weighted by atomic mass is 32.1. The van der Waals surface area contributed by atoms with Crippen molar-refractivity contribution in [2.75, 3.05) is 18.4 Å². The maximum absolute atomic E-state index is 12.7. The van der Waals surface area contributed by atoms with Crippen molar-refractivity contribution < 1.29 is 4.79 Å². The average Bonchev–Trinajstić information content (AvgIpc) is 2.96. The third kappa shape index (κ3) is 4.04. The van der Waals surface area contributed by atoms with E-state index in [4.69, 9.17) is 0 Å². The second kappa shape index (κ2) is 7.22. The Labute approximate surface area is 129 Å². The minimum Gasteiger partial charge on any atom is -0.370 e. The number of anilines is 1. The van der Waals surface area contributed by atoms with Gasteiger partial charge in [-0.15, -0.1) is 11.3 Å². The van der Waals surface area contributed by atoms with Crippen molar-refractivity contribution in [1.29, 1.82) is 0 Å². The zero-order chi connectivity index (χ0) is 15.2. The fourth-order valence-electron chi connectivity index (χ4n) is 2.16. The lowest BCUT2D eigenvalue weighted by Gasteiger charge is -2.20. The average molecular weight is 303 g/mol. The molecule has 0 unspecified atom stereocenters. The minimum atomic E-state index is 0.0514. The summed E-state index contributed by atoms with van der Waals surface area (Å²) in [6.45, 7) is 8.06. The van der Waals surface area contributed by atoms with Gasteiger partial charge in [-0.2, -0.15) is 0 Å². The Morgan fingerprint density at radius 3 is 2.81 bits per heavy atom. The van der Waals surface area contributed by atoms with E-state index in [2.05, 4.69) is 16.4 Å². The van der Waals surface area contributed by atoms with E-state index < -0.39 is 0 Å². The van der Waals surface area contributed by atoms with Crippen molar-refractivity contribution in [1.82, 2.24) is 9.88 Å². The molecule has 4 nitrogen and oxygen atoms in total. The van der Waals surface area contributed by atoms with Crippen molar-refractivity contribution in [2.24, 2.45) is 0 Å². The third-order valence-electron chi connectivity index (χ3n) is 3.15. The van der Waals surface area contributed by atoms with Crippen LogP contribution in [0.2, 0.25) is 0 Å². The van der Waals surface area contributed by atoms with Gasteiger partial charge in [0.2, 0.25) is 0 Å². The SMILES string of the molecule is CCNc1cc(C(=O)N(CC)Cc2cccs2)cc(C)n1. The topological polar surface area (TPSA) is 45.2 Å². The smallest absolute Gasteiger partial charge is 0.254 e. The van der Waals surface area contributed by atoms with E-state index in [-0.39, 0.29) is 5.91 Å². The van der Waals surface area contributed by atoms with E-state index in [0.29, 0.717) is 18.7 Å². The first-order valence-electron chi connectivity index (χ1n) is 7.18. The molecule has 0 saturated carbocycles. The summed E-state index contributed by atoms with van der Waals surface area (Å²) < 4.78 is 0. The van der Waals surface area contributed by atoms with Crippen molar-refractivity contribution >= 4 is 23.1 Å². The number of aromatic nitrogens is 1. The van der Waals surface area contributed by atoms with Crippen LogP contribution >= 0.6 is 11.3 Å². The molecule has 0 aliphatic carbocycles. The molecule has 2 rings (SSSR count). The summed E-state index contributed by atoms with van der Waals surface area (Å²) in [6, 6.07) is 7.75. The molecule has 0 bridgehead atoms. The van der Waals surface area contributed by atoms with E-state index in [1.54, 1.807) is 11.3 Å². The number of aryl methyl sites for hydroxylation is 1. The Balaban J connectivity index is 2.20. The normalized spacial score (nSPS) is 10.4. The highest BCUT2D eigenvalue weighted by Crippen LogP contribution is 2.16. The van der Waals surface area contributed by atoms with Gasteiger partial charge < -0.3 is 10.2 Å². The molecule has 1 N–H and O–H groups in total. The molecule has 2 aromatic heterocycles. The van der Waals surface area contributed by atoms with Crippen LogP contribution in [0.4, 0.5) is 5.82 Å². The summed E-state index contributed by atoms with van der Waals surface area (Å²) in [7, 11) is 0. The molecular weight excluding hydrogens is 282 g/mol. The van der Waals surface area contributed by atoms with Gasteiger partial charge >= 0.3 is 0 Å². The lowest BCUT2D eigenvalue weighted by Crippen LogP contribution is -2.30. The molecule has 0 aromatic carbocycles. The lowest BCUT2D eigenvalue weighted by atomic mass is 10.2. The van der Waals surface area contributed by atoms with Crippen LogP contribution in [-0.4, -0.2) is 28.9 Å². The summed E-state index contributed by atoms with van der Waals surface area (Å²) in [5.74, 6) is 0.809. The molecule has 0 spiro atoms. The van der Waals surface area contributed by atoms with Crippen LogP contribution in [0.5, 0.6) is 0 Å². The molecule has 2 heterocycles. The maximum atomic E-state index is 12.7. The monoisotopic (exact) mass is 303 g/mol. The van der Waals surface area contributed by atoms with Gasteiger partial charge in [0.15, 0.2) is 0 Å². The number of nitrogens with one attached hydrogen (secondary N) is 1. The summed E-state index contributed by atoms with van der Waals surface area (Å²) in [5.41, 5.74) is 1.54. The maximum Gasteiger partial charge on any atom is 0.254 e. The Kier molecular flexibility index (Phi) is 5.33. The van der Waals surface area contributed by atoms with E-state index in [0.717, 1.165) is 18.1 Å². The second-order valence-corrected chi connectivity index (χ2v) is 5.84. The summed E-state index contributed by atoms with van der Waals surface area (Å²) in [5, 5.41) is 5.20. The Morgan fingerprint density at radius 1 is 1.38 bits per heavy atom. The number of rotatable bonds is 6. The van der Waals surface area contributed by atoms with Gasteiger partial charge in [0.1, 0.15) is 5.82 Å². The van der Waals surface area contributed by atoms with Crippen LogP contribution in [0.15, 0.2) is 29.6 Å². The fourth-order valence-corrected chi connectivity index (χ4v) is 2.88. The molecular formula is C16H21N3OS. The van der Waals surface area contributed by atoms with Gasteiger partial charge in [-0.3, -0.25) is 4.79 Å². The molecule has 112 valence electrons. The zero-order valence-corrected chi connectivity index (χ0v) is 13.5. The number of nitrogens with zero attached hydrogens (tertiary/aromatic N) is 2. The minimum absolute atomic E-state index is 0.0514. The van der Waals surface area contributed by atoms with Gasteiger partial charge in [-0.1, -0.05) is 6.07 Å². The largest absolute Gasteiger partial charge is 0.370 e. The number of carbonyl (C=O) groups is 1. The second-order valence-electron chi connectivity index (χ2n) is 4.81. The molecule has 0 aliphatic rings. The van der Waals surface area contributed by atoms with Crippen molar-refractivity contribution in [3.8, 4) is 0 Å². The predicted octanol–water partition coefficient (Wildman–Crippen LogP) is 3.55. The van der Waals surface area contributed by atoms with Crippen LogP contribution < -0.4 is 5.32 Å². The predicted molar refractivity (Wildman–Crippen MR) is 87.9 cm³/mol. The van der Waals surface area contributed by atoms with Gasteiger partial charge in [-0.05, 0) is 44.4 Å². The molecule has 2 aromatic rings. The molecule has 21 heavy (non-hydrogen) atoms. The molecule has 0 radical (unpaired) electrons. The summed E-state index contributed by atoms with van der Waals surface area (Å²) in [6.07, 6.45) is 0. The first kappa shape index (κ1) is 15.5. The van der Waals surface area contributed by atoms with Gasteiger partial charge in [0.25, 0.3) is 5.91 Å². The standard InChI is InChI=1S/C16H21N3OS/c1-4-17-15-10-13(9-12(3)18-15)16(20)19(5-2)11-14-7-6-8-21-14/h6-10H,4-5,11H2,1-3H3,(H,17,18). The highest BCUT2D eigenvalue weighted by molar-refractivity contribution is 7.09. The van der Waals surface area contributed by atoms with Gasteiger partial charge in [0.05, 0.1) is 6.54 Å². The van der Waals surface area contributed by atoms with Crippen molar-refractivity contribution in [3.63, 3.8) is 0 Å². The summed E-state index contributed by atoms with van der Waals surface area (Å²) in [4.78, 5) is 20.1. The number of hydrogen-bond donors (Lipinski definition) is 1. The van der Waals surface area contributed by atoms with E-state index in [1.807, 2.05) is 49.3 Å². The number of thiophene rings is 1. The van der Waals surface area contributed by atoms with Crippen molar-refractivity contribution in [2.45, 2.75) is 27.3 Å². The Morgan fingerprint density at radius 2 is 2.19 bits per heavy atom. The third-order valence-corrected chi connectivity index (χ3v) is 4.02. The van der Waals surface area contributed by atoms with Crippen LogP contribution in [0.3, 0.4) is 0 Å². The zero-order valence-electron chi connectivity index (χ0n) is 12.7. The quantitative estimate of drug-likeness (QED) is 0.887. The van der Waals surface area contributed by atoms with Crippen LogP contribution in [0.1, 0.15) is 34.8 Å². The molecule has 0 fully saturated rings. The summed E-state index contributed by atoms with van der Waals surface area (Å²) >= 11 is 1.68. The molecule has 5 heteroatoms. The molecule has 1 amide bonds. The van der Waals surface area contributed by atoms with Gasteiger partial charge in [-0.25, -0.2) is 4.98 Å². The van der Waals surface area contributed by atoms with Gasteiger partial charge in [0, 0.05) is 29.2 Å². The first-order chi connectivity index (χ1) is 10.1. The van der Waals surface area contributed by atoms with Crippen LogP contribution in [0, 0.1) is 6.92 Å².